The number of nitrogens with zero attached hydrogens (tertiary/aromatic N) is 3. The summed E-state index contributed by atoms with van der Waals surface area (Å²) < 4.78 is 0.869. The molecule has 3 rings (SSSR count). The molecule has 1 aromatic heterocycles. The van der Waals surface area contributed by atoms with Crippen LogP contribution in [-0.2, 0) is 13.0 Å². The van der Waals surface area contributed by atoms with Crippen molar-refractivity contribution in [3.05, 3.63) is 51.9 Å². The van der Waals surface area contributed by atoms with Crippen LogP contribution in [0.15, 0.2) is 34.9 Å². The first-order valence-corrected chi connectivity index (χ1v) is 8.29. The number of hydrogen-bond acceptors (Lipinski definition) is 3. The molecule has 0 N–H and O–H groups in total. The Hall–Kier alpha value is -1.42. The summed E-state index contributed by atoms with van der Waals surface area (Å²) in [6.07, 6.45) is 2.31. The van der Waals surface area contributed by atoms with E-state index in [1.54, 1.807) is 0 Å². The van der Waals surface area contributed by atoms with E-state index in [1.165, 1.54) is 11.1 Å². The number of fused-ring (bicyclic) bond motifs is 1. The van der Waals surface area contributed by atoms with Crippen LogP contribution < -0.4 is 4.90 Å². The van der Waals surface area contributed by atoms with Gasteiger partial charge in [-0.15, -0.1) is 0 Å². The fourth-order valence-electron chi connectivity index (χ4n) is 2.74. The summed E-state index contributed by atoms with van der Waals surface area (Å²) in [4.78, 5) is 11.6. The van der Waals surface area contributed by atoms with Crippen molar-refractivity contribution in [1.82, 2.24) is 9.97 Å². The van der Waals surface area contributed by atoms with Gasteiger partial charge in [-0.1, -0.05) is 38.1 Å². The summed E-state index contributed by atoms with van der Waals surface area (Å²) in [5.41, 5.74) is 2.88. The summed E-state index contributed by atoms with van der Waals surface area (Å²) in [6.45, 7) is 6.22. The molecule has 1 aliphatic rings. The molecule has 1 aliphatic heterocycles. The van der Waals surface area contributed by atoms with E-state index in [1.807, 2.05) is 6.07 Å². The molecule has 0 radical (unpaired) electrons. The third-order valence-corrected chi connectivity index (χ3v) is 4.30. The molecule has 3 nitrogen and oxygen atoms in total. The van der Waals surface area contributed by atoms with Crippen molar-refractivity contribution in [2.24, 2.45) is 0 Å². The lowest BCUT2D eigenvalue weighted by atomic mass is 10.0. The van der Waals surface area contributed by atoms with Crippen LogP contribution in [0.3, 0.4) is 0 Å². The highest BCUT2D eigenvalue weighted by Gasteiger charge is 2.17. The van der Waals surface area contributed by atoms with Gasteiger partial charge in [0.05, 0.1) is 0 Å². The number of halogens is 1. The van der Waals surface area contributed by atoms with Gasteiger partial charge in [-0.2, -0.15) is 0 Å². The lowest BCUT2D eigenvalue weighted by Crippen LogP contribution is -2.24. The molecular weight excluding hydrogens is 326 g/mol. The van der Waals surface area contributed by atoms with Crippen molar-refractivity contribution in [2.75, 3.05) is 11.4 Å². The predicted molar refractivity (Wildman–Crippen MR) is 89.6 cm³/mol. The van der Waals surface area contributed by atoms with Gasteiger partial charge in [0.25, 0.3) is 0 Å². The fraction of sp³-hybridized carbons (Fsp3) is 0.412. The maximum absolute atomic E-state index is 4.76. The Kier molecular flexibility index (Phi) is 4.24. The van der Waals surface area contributed by atoms with E-state index < -0.39 is 0 Å². The van der Waals surface area contributed by atoms with Gasteiger partial charge in [0.2, 0.25) is 0 Å². The lowest BCUT2D eigenvalue weighted by molar-refractivity contribution is 0.723. The first-order valence-electron chi connectivity index (χ1n) is 7.49. The molecule has 0 fully saturated rings. The van der Waals surface area contributed by atoms with E-state index in [0.29, 0.717) is 5.92 Å². The number of rotatable bonds is 2. The number of hydrogen-bond donors (Lipinski definition) is 0. The van der Waals surface area contributed by atoms with Gasteiger partial charge in [-0.05, 0) is 39.9 Å². The van der Waals surface area contributed by atoms with E-state index in [0.717, 1.165) is 42.2 Å². The Morgan fingerprint density at radius 2 is 1.90 bits per heavy atom. The first-order chi connectivity index (χ1) is 10.1. The molecule has 0 bridgehead atoms. The monoisotopic (exact) mass is 345 g/mol. The van der Waals surface area contributed by atoms with Crippen LogP contribution in [0, 0.1) is 0 Å². The van der Waals surface area contributed by atoms with E-state index >= 15 is 0 Å². The topological polar surface area (TPSA) is 29.0 Å². The third-order valence-electron chi connectivity index (χ3n) is 3.89. The molecular formula is C17H20BrN3. The van der Waals surface area contributed by atoms with Gasteiger partial charge >= 0.3 is 0 Å². The molecule has 0 saturated carbocycles. The first kappa shape index (κ1) is 14.5. The molecule has 0 aliphatic carbocycles. The lowest BCUT2D eigenvalue weighted by Gasteiger charge is -2.23. The van der Waals surface area contributed by atoms with Crippen LogP contribution in [0.5, 0.6) is 0 Å². The highest BCUT2D eigenvalue weighted by Crippen LogP contribution is 2.25. The van der Waals surface area contributed by atoms with E-state index in [-0.39, 0.29) is 0 Å². The third kappa shape index (κ3) is 3.26. The Labute approximate surface area is 134 Å². The average Bonchev–Trinajstić information content (AvgIpc) is 2.68. The molecule has 2 heterocycles. The molecule has 1 aromatic carbocycles. The van der Waals surface area contributed by atoms with Crippen molar-refractivity contribution >= 4 is 21.7 Å². The van der Waals surface area contributed by atoms with Crippen LogP contribution in [0.4, 0.5) is 5.82 Å². The number of aryl methyl sites for hydroxylation is 1. The summed E-state index contributed by atoms with van der Waals surface area (Å²) in [5, 5.41) is 0. The van der Waals surface area contributed by atoms with Crippen LogP contribution in [0.1, 0.15) is 43.1 Å². The smallest absolute Gasteiger partial charge is 0.134 e. The zero-order valence-corrected chi connectivity index (χ0v) is 14.1. The maximum Gasteiger partial charge on any atom is 0.134 e. The Balaban J connectivity index is 1.94. The second kappa shape index (κ2) is 6.14. The van der Waals surface area contributed by atoms with Crippen molar-refractivity contribution in [3.63, 3.8) is 0 Å². The van der Waals surface area contributed by atoms with Gasteiger partial charge in [0, 0.05) is 25.1 Å². The van der Waals surface area contributed by atoms with Gasteiger partial charge < -0.3 is 4.90 Å². The van der Waals surface area contributed by atoms with Crippen molar-refractivity contribution in [2.45, 2.75) is 39.2 Å². The van der Waals surface area contributed by atoms with Crippen LogP contribution in [0.2, 0.25) is 0 Å². The number of anilines is 1. The zero-order valence-electron chi connectivity index (χ0n) is 12.5. The van der Waals surface area contributed by atoms with E-state index in [9.17, 15) is 0 Å². The number of benzene rings is 1. The van der Waals surface area contributed by atoms with Crippen molar-refractivity contribution < 1.29 is 0 Å². The summed E-state index contributed by atoms with van der Waals surface area (Å²) in [6, 6.07) is 10.8. The maximum atomic E-state index is 4.76. The standard InChI is InChI=1S/C17H20BrN3/c1-12(2)17-19-15(18)10-16(20-17)21-9-5-8-13-6-3-4-7-14(13)11-21/h3-4,6-7,10,12H,5,8-9,11H2,1-2H3. The molecule has 0 amide bonds. The highest BCUT2D eigenvalue weighted by molar-refractivity contribution is 9.10. The summed E-state index contributed by atoms with van der Waals surface area (Å²) >= 11 is 3.52. The fourth-order valence-corrected chi connectivity index (χ4v) is 3.13. The number of aromatic nitrogens is 2. The second-order valence-electron chi connectivity index (χ2n) is 5.86. The van der Waals surface area contributed by atoms with Crippen LogP contribution in [-0.4, -0.2) is 16.5 Å². The molecule has 2 aromatic rings. The van der Waals surface area contributed by atoms with Gasteiger partial charge in [0.15, 0.2) is 0 Å². The Bertz CT molecular complexity index is 640. The molecule has 0 saturated heterocycles. The summed E-state index contributed by atoms with van der Waals surface area (Å²) in [7, 11) is 0. The van der Waals surface area contributed by atoms with Crippen molar-refractivity contribution in [3.8, 4) is 0 Å². The van der Waals surface area contributed by atoms with Gasteiger partial charge in [-0.3, -0.25) is 0 Å². The Morgan fingerprint density at radius 1 is 1.14 bits per heavy atom. The Morgan fingerprint density at radius 3 is 2.67 bits per heavy atom. The van der Waals surface area contributed by atoms with Gasteiger partial charge in [-0.25, -0.2) is 9.97 Å². The normalized spacial score (nSPS) is 15.0. The SMILES string of the molecule is CC(C)c1nc(Br)cc(N2CCCc3ccccc3C2)n1. The minimum Gasteiger partial charge on any atom is -0.352 e. The van der Waals surface area contributed by atoms with E-state index in [2.05, 4.69) is 63.9 Å². The van der Waals surface area contributed by atoms with Crippen molar-refractivity contribution in [1.29, 1.82) is 0 Å². The highest BCUT2D eigenvalue weighted by atomic mass is 79.9. The van der Waals surface area contributed by atoms with E-state index in [4.69, 9.17) is 4.98 Å². The zero-order chi connectivity index (χ0) is 14.8. The predicted octanol–water partition coefficient (Wildman–Crippen LogP) is 4.32. The molecule has 110 valence electrons. The minimum atomic E-state index is 0.334. The van der Waals surface area contributed by atoms with Crippen LogP contribution in [0.25, 0.3) is 0 Å². The molecule has 0 atom stereocenters. The summed E-state index contributed by atoms with van der Waals surface area (Å²) in [5.74, 6) is 2.26. The molecule has 21 heavy (non-hydrogen) atoms. The van der Waals surface area contributed by atoms with Gasteiger partial charge in [0.1, 0.15) is 16.2 Å². The average molecular weight is 346 g/mol. The molecule has 0 spiro atoms. The molecule has 0 unspecified atom stereocenters. The molecule has 4 heteroatoms. The second-order valence-corrected chi connectivity index (χ2v) is 6.67. The largest absolute Gasteiger partial charge is 0.352 e. The quantitative estimate of drug-likeness (QED) is 0.759. The van der Waals surface area contributed by atoms with Crippen LogP contribution >= 0.6 is 15.9 Å². The minimum absolute atomic E-state index is 0.334.